The molecule has 2 atom stereocenters. The zero-order valence-corrected chi connectivity index (χ0v) is 13.6. The molecule has 3 heteroatoms. The Morgan fingerprint density at radius 1 is 1.19 bits per heavy atom. The fourth-order valence-corrected chi connectivity index (χ4v) is 3.13. The zero-order valence-electron chi connectivity index (χ0n) is 13.6. The highest BCUT2D eigenvalue weighted by atomic mass is 16.1. The van der Waals surface area contributed by atoms with Crippen LogP contribution in [0.2, 0.25) is 0 Å². The van der Waals surface area contributed by atoms with Crippen molar-refractivity contribution < 1.29 is 4.79 Å². The quantitative estimate of drug-likeness (QED) is 0.902. The minimum absolute atomic E-state index is 0.224. The standard InChI is InChI=1S/C18H28N2O/c1-14-5-4-6-17(11-14)18(21)19-12-15-7-9-16(10-8-15)13-20(2)3/h7-10,14,17H,4-6,11-13H2,1-3H3,(H,19,21). The molecule has 1 aromatic carbocycles. The van der Waals surface area contributed by atoms with Crippen LogP contribution >= 0.6 is 0 Å². The molecule has 1 fully saturated rings. The maximum atomic E-state index is 12.2. The van der Waals surface area contributed by atoms with Crippen LogP contribution in [0.5, 0.6) is 0 Å². The van der Waals surface area contributed by atoms with Gasteiger partial charge in [0.25, 0.3) is 0 Å². The number of nitrogens with one attached hydrogen (secondary N) is 1. The number of rotatable bonds is 5. The SMILES string of the molecule is CC1CCCC(C(=O)NCc2ccc(CN(C)C)cc2)C1. The summed E-state index contributed by atoms with van der Waals surface area (Å²) in [5, 5.41) is 3.10. The van der Waals surface area contributed by atoms with Gasteiger partial charge in [0.1, 0.15) is 0 Å². The lowest BCUT2D eigenvalue weighted by Gasteiger charge is -2.25. The normalized spacial score (nSPS) is 22.3. The number of hydrogen-bond donors (Lipinski definition) is 1. The Balaban J connectivity index is 1.80. The van der Waals surface area contributed by atoms with Gasteiger partial charge in [-0.2, -0.15) is 0 Å². The molecule has 2 rings (SSSR count). The van der Waals surface area contributed by atoms with Crippen LogP contribution in [0.4, 0.5) is 0 Å². The summed E-state index contributed by atoms with van der Waals surface area (Å²) in [6.07, 6.45) is 4.57. The molecular weight excluding hydrogens is 260 g/mol. The average molecular weight is 288 g/mol. The molecule has 0 aromatic heterocycles. The van der Waals surface area contributed by atoms with Crippen molar-refractivity contribution in [2.24, 2.45) is 11.8 Å². The Bertz CT molecular complexity index is 453. The number of amides is 1. The summed E-state index contributed by atoms with van der Waals surface area (Å²) in [4.78, 5) is 14.4. The minimum Gasteiger partial charge on any atom is -0.352 e. The molecule has 2 unspecified atom stereocenters. The maximum Gasteiger partial charge on any atom is 0.223 e. The van der Waals surface area contributed by atoms with Gasteiger partial charge in [-0.05, 0) is 44.0 Å². The summed E-state index contributed by atoms with van der Waals surface area (Å²) in [6, 6.07) is 8.51. The van der Waals surface area contributed by atoms with Gasteiger partial charge in [-0.25, -0.2) is 0 Å². The molecule has 0 aliphatic heterocycles. The molecule has 0 saturated heterocycles. The van der Waals surface area contributed by atoms with E-state index in [2.05, 4.69) is 55.5 Å². The molecule has 1 saturated carbocycles. The van der Waals surface area contributed by atoms with Gasteiger partial charge < -0.3 is 10.2 Å². The molecule has 0 heterocycles. The van der Waals surface area contributed by atoms with Gasteiger partial charge in [0.2, 0.25) is 5.91 Å². The third kappa shape index (κ3) is 5.16. The Kier molecular flexibility index (Phi) is 5.80. The van der Waals surface area contributed by atoms with Crippen molar-refractivity contribution in [3.05, 3.63) is 35.4 Å². The summed E-state index contributed by atoms with van der Waals surface area (Å²) >= 11 is 0. The predicted molar refractivity (Wildman–Crippen MR) is 86.8 cm³/mol. The third-order valence-corrected chi connectivity index (χ3v) is 4.30. The number of carbonyl (C=O) groups excluding carboxylic acids is 1. The highest BCUT2D eigenvalue weighted by Gasteiger charge is 2.24. The molecular formula is C18H28N2O. The van der Waals surface area contributed by atoms with Crippen LogP contribution in [-0.2, 0) is 17.9 Å². The van der Waals surface area contributed by atoms with E-state index in [0.717, 1.165) is 19.4 Å². The number of hydrogen-bond acceptors (Lipinski definition) is 2. The van der Waals surface area contributed by atoms with Crippen molar-refractivity contribution >= 4 is 5.91 Å². The van der Waals surface area contributed by atoms with E-state index >= 15 is 0 Å². The first-order valence-corrected chi connectivity index (χ1v) is 8.05. The van der Waals surface area contributed by atoms with Crippen molar-refractivity contribution in [2.45, 2.75) is 45.7 Å². The largest absolute Gasteiger partial charge is 0.352 e. The highest BCUT2D eigenvalue weighted by molar-refractivity contribution is 5.78. The molecule has 0 radical (unpaired) electrons. The van der Waals surface area contributed by atoms with Crippen LogP contribution in [-0.4, -0.2) is 24.9 Å². The van der Waals surface area contributed by atoms with E-state index in [9.17, 15) is 4.79 Å². The van der Waals surface area contributed by atoms with Crippen molar-refractivity contribution in [3.8, 4) is 0 Å². The topological polar surface area (TPSA) is 32.3 Å². The Morgan fingerprint density at radius 2 is 1.86 bits per heavy atom. The van der Waals surface area contributed by atoms with Crippen LogP contribution < -0.4 is 5.32 Å². The van der Waals surface area contributed by atoms with Crippen LogP contribution in [0.1, 0.15) is 43.7 Å². The maximum absolute atomic E-state index is 12.2. The number of nitrogens with zero attached hydrogens (tertiary/aromatic N) is 1. The highest BCUT2D eigenvalue weighted by Crippen LogP contribution is 2.28. The smallest absolute Gasteiger partial charge is 0.223 e. The third-order valence-electron chi connectivity index (χ3n) is 4.30. The second kappa shape index (κ2) is 7.60. The molecule has 1 N–H and O–H groups in total. The van der Waals surface area contributed by atoms with Gasteiger partial charge in [-0.3, -0.25) is 4.79 Å². The van der Waals surface area contributed by atoms with E-state index in [4.69, 9.17) is 0 Å². The summed E-state index contributed by atoms with van der Waals surface area (Å²) in [5.41, 5.74) is 2.48. The zero-order chi connectivity index (χ0) is 15.2. The van der Waals surface area contributed by atoms with Gasteiger partial charge in [-0.15, -0.1) is 0 Å². The van der Waals surface area contributed by atoms with E-state index in [1.807, 2.05) is 0 Å². The monoisotopic (exact) mass is 288 g/mol. The molecule has 1 amide bonds. The lowest BCUT2D eigenvalue weighted by atomic mass is 9.82. The minimum atomic E-state index is 0.224. The molecule has 21 heavy (non-hydrogen) atoms. The Labute approximate surface area is 128 Å². The van der Waals surface area contributed by atoms with Crippen molar-refractivity contribution in [1.29, 1.82) is 0 Å². The second-order valence-corrected chi connectivity index (χ2v) is 6.74. The summed E-state index contributed by atoms with van der Waals surface area (Å²) < 4.78 is 0. The van der Waals surface area contributed by atoms with E-state index in [1.165, 1.54) is 24.0 Å². The number of benzene rings is 1. The van der Waals surface area contributed by atoms with Crippen LogP contribution in [0, 0.1) is 11.8 Å². The van der Waals surface area contributed by atoms with Crippen molar-refractivity contribution in [1.82, 2.24) is 10.2 Å². The Hall–Kier alpha value is -1.35. The molecule has 1 aliphatic rings. The second-order valence-electron chi connectivity index (χ2n) is 6.74. The summed E-state index contributed by atoms with van der Waals surface area (Å²) in [7, 11) is 4.14. The number of carbonyl (C=O) groups is 1. The molecule has 0 spiro atoms. The molecule has 3 nitrogen and oxygen atoms in total. The Morgan fingerprint density at radius 3 is 2.48 bits per heavy atom. The molecule has 116 valence electrons. The van der Waals surface area contributed by atoms with Gasteiger partial charge in [0, 0.05) is 19.0 Å². The fourth-order valence-electron chi connectivity index (χ4n) is 3.13. The lowest BCUT2D eigenvalue weighted by Crippen LogP contribution is -2.33. The van der Waals surface area contributed by atoms with Crippen molar-refractivity contribution in [2.75, 3.05) is 14.1 Å². The first kappa shape index (κ1) is 16.0. The van der Waals surface area contributed by atoms with Gasteiger partial charge in [0.05, 0.1) is 0 Å². The molecule has 1 aromatic rings. The summed E-state index contributed by atoms with van der Waals surface area (Å²) in [6.45, 7) is 3.85. The fraction of sp³-hybridized carbons (Fsp3) is 0.611. The van der Waals surface area contributed by atoms with E-state index < -0.39 is 0 Å². The van der Waals surface area contributed by atoms with Crippen LogP contribution in [0.15, 0.2) is 24.3 Å². The van der Waals surface area contributed by atoms with Gasteiger partial charge in [0.15, 0.2) is 0 Å². The predicted octanol–water partition coefficient (Wildman–Crippen LogP) is 3.19. The first-order chi connectivity index (χ1) is 10.0. The molecule has 1 aliphatic carbocycles. The van der Waals surface area contributed by atoms with Gasteiger partial charge in [-0.1, -0.05) is 44.0 Å². The molecule has 0 bridgehead atoms. The lowest BCUT2D eigenvalue weighted by molar-refractivity contribution is -0.126. The van der Waals surface area contributed by atoms with Crippen LogP contribution in [0.3, 0.4) is 0 Å². The van der Waals surface area contributed by atoms with Crippen molar-refractivity contribution in [3.63, 3.8) is 0 Å². The summed E-state index contributed by atoms with van der Waals surface area (Å²) in [5.74, 6) is 1.15. The van der Waals surface area contributed by atoms with Crippen LogP contribution in [0.25, 0.3) is 0 Å². The average Bonchev–Trinajstić information content (AvgIpc) is 2.45. The van der Waals surface area contributed by atoms with E-state index in [-0.39, 0.29) is 11.8 Å². The van der Waals surface area contributed by atoms with E-state index in [0.29, 0.717) is 12.5 Å². The van der Waals surface area contributed by atoms with Gasteiger partial charge >= 0.3 is 0 Å². The van der Waals surface area contributed by atoms with E-state index in [1.54, 1.807) is 0 Å². The first-order valence-electron chi connectivity index (χ1n) is 8.05.